The molecular formula is C12H14N2O2S. The predicted molar refractivity (Wildman–Crippen MR) is 66.2 cm³/mol. The number of imide groups is 1. The third-order valence-electron chi connectivity index (χ3n) is 3.42. The molecule has 0 bridgehead atoms. The van der Waals surface area contributed by atoms with Gasteiger partial charge in [-0.1, -0.05) is 12.8 Å². The fraction of sp³-hybridized carbons (Fsp3) is 0.500. The molecule has 90 valence electrons. The lowest BCUT2D eigenvalue weighted by Crippen LogP contribution is -2.34. The van der Waals surface area contributed by atoms with Crippen molar-refractivity contribution in [3.05, 3.63) is 17.5 Å². The molecule has 2 saturated heterocycles. The van der Waals surface area contributed by atoms with E-state index in [1.165, 1.54) is 16.2 Å². The van der Waals surface area contributed by atoms with Gasteiger partial charge in [-0.25, -0.2) is 9.69 Å². The first-order chi connectivity index (χ1) is 8.29. The van der Waals surface area contributed by atoms with E-state index in [0.29, 0.717) is 0 Å². The van der Waals surface area contributed by atoms with E-state index < -0.39 is 0 Å². The number of fused-ring (bicyclic) bond motifs is 1. The Labute approximate surface area is 104 Å². The number of carbonyl (C=O) groups excluding carboxylic acids is 2. The van der Waals surface area contributed by atoms with Gasteiger partial charge in [0.05, 0.1) is 0 Å². The first kappa shape index (κ1) is 10.8. The normalized spacial score (nSPS) is 25.1. The molecule has 0 radical (unpaired) electrons. The minimum atomic E-state index is -0.216. The van der Waals surface area contributed by atoms with Crippen molar-refractivity contribution < 1.29 is 9.59 Å². The summed E-state index contributed by atoms with van der Waals surface area (Å²) in [6, 6.07) is 3.34. The van der Waals surface area contributed by atoms with Crippen LogP contribution in [0.1, 0.15) is 25.7 Å². The van der Waals surface area contributed by atoms with E-state index in [4.69, 9.17) is 0 Å². The number of hydrogen-bond acceptors (Lipinski definition) is 3. The second-order valence-corrected chi connectivity index (χ2v) is 5.39. The van der Waals surface area contributed by atoms with E-state index in [9.17, 15) is 9.59 Å². The summed E-state index contributed by atoms with van der Waals surface area (Å²) in [4.78, 5) is 27.6. The predicted octanol–water partition coefficient (Wildman–Crippen LogP) is 2.46. The summed E-state index contributed by atoms with van der Waals surface area (Å²) >= 11 is 1.44. The van der Waals surface area contributed by atoms with Gasteiger partial charge in [0, 0.05) is 6.54 Å². The smallest absolute Gasteiger partial charge is 0.312 e. The van der Waals surface area contributed by atoms with Crippen molar-refractivity contribution in [3.8, 4) is 0 Å². The maximum Gasteiger partial charge on any atom is 0.332 e. The minimum absolute atomic E-state index is 0.0423. The molecule has 3 amide bonds. The highest BCUT2D eigenvalue weighted by Crippen LogP contribution is 2.32. The second kappa shape index (κ2) is 4.14. The zero-order valence-electron chi connectivity index (χ0n) is 9.46. The molecule has 0 aliphatic carbocycles. The highest BCUT2D eigenvalue weighted by molar-refractivity contribution is 7.14. The Morgan fingerprint density at radius 1 is 1.24 bits per heavy atom. The topological polar surface area (TPSA) is 40.6 Å². The maximum atomic E-state index is 12.3. The van der Waals surface area contributed by atoms with Crippen LogP contribution in [0.4, 0.5) is 9.80 Å². The Hall–Kier alpha value is -1.36. The van der Waals surface area contributed by atoms with E-state index in [-0.39, 0.29) is 18.0 Å². The number of amides is 3. The minimum Gasteiger partial charge on any atom is -0.312 e. The molecule has 17 heavy (non-hydrogen) atoms. The van der Waals surface area contributed by atoms with Crippen molar-refractivity contribution in [2.24, 2.45) is 0 Å². The summed E-state index contributed by atoms with van der Waals surface area (Å²) in [6.07, 6.45) is 3.98. The van der Waals surface area contributed by atoms with E-state index in [0.717, 1.165) is 37.2 Å². The van der Waals surface area contributed by atoms with Gasteiger partial charge in [0.1, 0.15) is 11.0 Å². The van der Waals surface area contributed by atoms with Gasteiger partial charge in [0.2, 0.25) is 0 Å². The van der Waals surface area contributed by atoms with Gasteiger partial charge in [-0.3, -0.25) is 4.79 Å². The van der Waals surface area contributed by atoms with Gasteiger partial charge in [0.15, 0.2) is 0 Å². The molecular weight excluding hydrogens is 236 g/mol. The largest absolute Gasteiger partial charge is 0.332 e. The summed E-state index contributed by atoms with van der Waals surface area (Å²) in [5.74, 6) is -0.0423. The van der Waals surface area contributed by atoms with Crippen LogP contribution in [-0.2, 0) is 4.79 Å². The second-order valence-electron chi connectivity index (χ2n) is 4.47. The van der Waals surface area contributed by atoms with Crippen LogP contribution in [0.5, 0.6) is 0 Å². The Morgan fingerprint density at radius 3 is 2.88 bits per heavy atom. The van der Waals surface area contributed by atoms with Crippen molar-refractivity contribution >= 4 is 28.3 Å². The number of thiophene rings is 1. The molecule has 1 atom stereocenters. The van der Waals surface area contributed by atoms with Crippen LogP contribution in [0.2, 0.25) is 0 Å². The first-order valence-corrected chi connectivity index (χ1v) is 6.85. The molecule has 2 aliphatic heterocycles. The van der Waals surface area contributed by atoms with Crippen molar-refractivity contribution in [2.45, 2.75) is 31.7 Å². The molecule has 1 aromatic rings. The molecule has 0 saturated carbocycles. The monoisotopic (exact) mass is 250 g/mol. The van der Waals surface area contributed by atoms with E-state index in [1.807, 2.05) is 17.5 Å². The van der Waals surface area contributed by atoms with Crippen LogP contribution in [-0.4, -0.2) is 29.4 Å². The lowest BCUT2D eigenvalue weighted by atomic mass is 10.1. The number of carbonyl (C=O) groups is 2. The summed E-state index contributed by atoms with van der Waals surface area (Å²) in [5, 5.41) is 2.63. The van der Waals surface area contributed by atoms with Crippen LogP contribution in [0.15, 0.2) is 17.5 Å². The third-order valence-corrected chi connectivity index (χ3v) is 4.28. The Balaban J connectivity index is 1.93. The van der Waals surface area contributed by atoms with Crippen LogP contribution in [0, 0.1) is 0 Å². The zero-order chi connectivity index (χ0) is 11.8. The molecule has 0 spiro atoms. The average Bonchev–Trinajstić information content (AvgIpc) is 2.81. The molecule has 3 heterocycles. The summed E-state index contributed by atoms with van der Waals surface area (Å²) in [6.45, 7) is 0.719. The third kappa shape index (κ3) is 1.65. The Bertz CT molecular complexity index is 419. The van der Waals surface area contributed by atoms with Gasteiger partial charge in [-0.05, 0) is 30.4 Å². The molecule has 0 N–H and O–H groups in total. The Morgan fingerprint density at radius 2 is 2.12 bits per heavy atom. The molecule has 4 nitrogen and oxygen atoms in total. The van der Waals surface area contributed by atoms with Gasteiger partial charge in [-0.15, -0.1) is 11.3 Å². The molecule has 2 aliphatic rings. The molecule has 2 fully saturated rings. The van der Waals surface area contributed by atoms with Crippen LogP contribution in [0.25, 0.3) is 0 Å². The van der Waals surface area contributed by atoms with E-state index >= 15 is 0 Å². The van der Waals surface area contributed by atoms with Crippen LogP contribution in [0.3, 0.4) is 0 Å². The lowest BCUT2D eigenvalue weighted by Gasteiger charge is -2.17. The van der Waals surface area contributed by atoms with E-state index in [2.05, 4.69) is 0 Å². The van der Waals surface area contributed by atoms with Gasteiger partial charge >= 0.3 is 6.03 Å². The number of anilines is 1. The lowest BCUT2D eigenvalue weighted by molar-refractivity contribution is -0.119. The zero-order valence-corrected chi connectivity index (χ0v) is 10.3. The first-order valence-electron chi connectivity index (χ1n) is 5.97. The van der Waals surface area contributed by atoms with Gasteiger partial charge in [-0.2, -0.15) is 0 Å². The quantitative estimate of drug-likeness (QED) is 0.718. The Kier molecular flexibility index (Phi) is 2.63. The van der Waals surface area contributed by atoms with Gasteiger partial charge in [0.25, 0.3) is 5.91 Å². The molecule has 3 rings (SSSR count). The SMILES string of the molecule is O=C1C2CCCCCN2C(=O)N1c1cccs1. The van der Waals surface area contributed by atoms with Crippen LogP contribution >= 0.6 is 11.3 Å². The molecule has 1 aromatic heterocycles. The highest BCUT2D eigenvalue weighted by Gasteiger charge is 2.46. The summed E-state index contributed by atoms with van der Waals surface area (Å²) < 4.78 is 0. The van der Waals surface area contributed by atoms with Gasteiger partial charge < -0.3 is 4.90 Å². The summed E-state index contributed by atoms with van der Waals surface area (Å²) in [7, 11) is 0. The maximum absolute atomic E-state index is 12.3. The summed E-state index contributed by atoms with van der Waals surface area (Å²) in [5.41, 5.74) is 0. The molecule has 0 aromatic carbocycles. The average molecular weight is 250 g/mol. The molecule has 5 heteroatoms. The number of rotatable bonds is 1. The highest BCUT2D eigenvalue weighted by atomic mass is 32.1. The standard InChI is InChI=1S/C12H14N2O2S/c15-11-9-5-2-1-3-7-13(9)12(16)14(11)10-6-4-8-17-10/h4,6,8-9H,1-3,5,7H2. The fourth-order valence-electron chi connectivity index (χ4n) is 2.57. The number of nitrogens with zero attached hydrogens (tertiary/aromatic N) is 2. The number of hydrogen-bond donors (Lipinski definition) is 0. The van der Waals surface area contributed by atoms with Crippen LogP contribution < -0.4 is 4.90 Å². The fourth-order valence-corrected chi connectivity index (χ4v) is 3.29. The van der Waals surface area contributed by atoms with Crippen molar-refractivity contribution in [1.82, 2.24) is 4.90 Å². The van der Waals surface area contributed by atoms with Crippen molar-refractivity contribution in [1.29, 1.82) is 0 Å². The van der Waals surface area contributed by atoms with E-state index in [1.54, 1.807) is 4.90 Å². The van der Waals surface area contributed by atoms with Crippen molar-refractivity contribution in [3.63, 3.8) is 0 Å². The number of urea groups is 1. The van der Waals surface area contributed by atoms with Crippen molar-refractivity contribution in [2.75, 3.05) is 11.4 Å². The molecule has 1 unspecified atom stereocenters.